The molecular weight excluding hydrogens is 275 g/mol. The van der Waals surface area contributed by atoms with Crippen molar-refractivity contribution in [1.82, 2.24) is 14.6 Å². The number of ether oxygens (including phenoxy) is 1. The number of fused-ring (bicyclic) bond motifs is 1. The van der Waals surface area contributed by atoms with Gasteiger partial charge in [0.15, 0.2) is 12.3 Å². The van der Waals surface area contributed by atoms with Gasteiger partial charge in [-0.1, -0.05) is 6.07 Å². The highest BCUT2D eigenvalue weighted by Crippen LogP contribution is 2.11. The van der Waals surface area contributed by atoms with E-state index in [-0.39, 0.29) is 18.3 Å². The first-order valence-corrected chi connectivity index (χ1v) is 6.20. The fourth-order valence-corrected chi connectivity index (χ4v) is 1.77. The summed E-state index contributed by atoms with van der Waals surface area (Å²) in [7, 11) is 0. The summed E-state index contributed by atoms with van der Waals surface area (Å²) in [5, 5.41) is 10.4. The number of carbonyl (C=O) groups excluding carboxylic acids is 1. The lowest BCUT2D eigenvalue weighted by Crippen LogP contribution is -2.21. The second-order valence-electron chi connectivity index (χ2n) is 4.24. The summed E-state index contributed by atoms with van der Waals surface area (Å²) in [5.74, 6) is -0.00448. The SMILES string of the molecule is O=C(COc1ccc(F)cc1)Nc1nnc2ccccn12. The molecule has 0 aliphatic heterocycles. The predicted octanol–water partition coefficient (Wildman–Crippen LogP) is 1.89. The molecule has 0 unspecified atom stereocenters. The Morgan fingerprint density at radius 1 is 1.19 bits per heavy atom. The number of anilines is 1. The van der Waals surface area contributed by atoms with Crippen molar-refractivity contribution in [2.24, 2.45) is 0 Å². The van der Waals surface area contributed by atoms with Gasteiger partial charge in [-0.2, -0.15) is 0 Å². The zero-order chi connectivity index (χ0) is 14.7. The number of benzene rings is 1. The number of hydrogen-bond acceptors (Lipinski definition) is 4. The van der Waals surface area contributed by atoms with Gasteiger partial charge >= 0.3 is 0 Å². The number of carbonyl (C=O) groups is 1. The Labute approximate surface area is 119 Å². The highest BCUT2D eigenvalue weighted by Gasteiger charge is 2.09. The smallest absolute Gasteiger partial charge is 0.264 e. The molecule has 1 amide bonds. The Balaban J connectivity index is 1.62. The van der Waals surface area contributed by atoms with Gasteiger partial charge in [0.2, 0.25) is 5.95 Å². The molecule has 0 aliphatic rings. The van der Waals surface area contributed by atoms with Crippen molar-refractivity contribution >= 4 is 17.5 Å². The van der Waals surface area contributed by atoms with E-state index in [1.54, 1.807) is 22.7 Å². The standard InChI is InChI=1S/C14H11FN4O2/c15-10-4-6-11(7-5-10)21-9-13(20)16-14-18-17-12-3-1-2-8-19(12)14/h1-8H,9H2,(H,16,18,20). The Kier molecular flexibility index (Phi) is 3.46. The first-order valence-electron chi connectivity index (χ1n) is 6.20. The molecule has 0 atom stereocenters. The highest BCUT2D eigenvalue weighted by atomic mass is 19.1. The number of halogens is 1. The molecule has 1 N–H and O–H groups in total. The van der Waals surface area contributed by atoms with Crippen molar-refractivity contribution in [2.75, 3.05) is 11.9 Å². The average Bonchev–Trinajstić information content (AvgIpc) is 2.90. The van der Waals surface area contributed by atoms with E-state index in [1.807, 2.05) is 6.07 Å². The van der Waals surface area contributed by atoms with E-state index in [4.69, 9.17) is 4.74 Å². The summed E-state index contributed by atoms with van der Waals surface area (Å²) >= 11 is 0. The molecule has 21 heavy (non-hydrogen) atoms. The van der Waals surface area contributed by atoms with Crippen LogP contribution in [0.5, 0.6) is 5.75 Å². The van der Waals surface area contributed by atoms with E-state index in [0.29, 0.717) is 17.3 Å². The maximum Gasteiger partial charge on any atom is 0.264 e. The molecule has 0 saturated heterocycles. The van der Waals surface area contributed by atoms with Gasteiger partial charge in [0, 0.05) is 6.20 Å². The summed E-state index contributed by atoms with van der Waals surface area (Å²) in [6.07, 6.45) is 1.74. The van der Waals surface area contributed by atoms with Crippen LogP contribution in [0.4, 0.5) is 10.3 Å². The van der Waals surface area contributed by atoms with Gasteiger partial charge in [-0.3, -0.25) is 14.5 Å². The topological polar surface area (TPSA) is 68.5 Å². The third-order valence-electron chi connectivity index (χ3n) is 2.75. The maximum atomic E-state index is 12.7. The Morgan fingerprint density at radius 2 is 2.00 bits per heavy atom. The molecule has 0 spiro atoms. The zero-order valence-electron chi connectivity index (χ0n) is 10.9. The van der Waals surface area contributed by atoms with Crippen molar-refractivity contribution in [3.63, 3.8) is 0 Å². The predicted molar refractivity (Wildman–Crippen MR) is 73.5 cm³/mol. The zero-order valence-corrected chi connectivity index (χ0v) is 10.9. The molecule has 2 aromatic heterocycles. The molecule has 6 nitrogen and oxygen atoms in total. The molecule has 0 saturated carbocycles. The van der Waals surface area contributed by atoms with Crippen molar-refractivity contribution in [1.29, 1.82) is 0 Å². The van der Waals surface area contributed by atoms with Crippen molar-refractivity contribution in [3.8, 4) is 5.75 Å². The Morgan fingerprint density at radius 3 is 2.81 bits per heavy atom. The molecule has 3 aromatic rings. The summed E-state index contributed by atoms with van der Waals surface area (Å²) in [6, 6.07) is 10.8. The number of aromatic nitrogens is 3. The second-order valence-corrected chi connectivity index (χ2v) is 4.24. The molecule has 1 aromatic carbocycles. The van der Waals surface area contributed by atoms with Crippen LogP contribution >= 0.6 is 0 Å². The molecule has 0 radical (unpaired) electrons. The van der Waals surface area contributed by atoms with Gasteiger partial charge in [0.05, 0.1) is 0 Å². The quantitative estimate of drug-likeness (QED) is 0.795. The van der Waals surface area contributed by atoms with E-state index in [2.05, 4.69) is 15.5 Å². The average molecular weight is 286 g/mol. The summed E-state index contributed by atoms with van der Waals surface area (Å²) in [6.45, 7) is -0.201. The van der Waals surface area contributed by atoms with Crippen molar-refractivity contribution in [3.05, 3.63) is 54.5 Å². The summed E-state index contributed by atoms with van der Waals surface area (Å²) < 4.78 is 19.6. The van der Waals surface area contributed by atoms with Crippen LogP contribution in [-0.2, 0) is 4.79 Å². The molecular formula is C14H11FN4O2. The highest BCUT2D eigenvalue weighted by molar-refractivity contribution is 5.90. The first-order chi connectivity index (χ1) is 10.2. The first kappa shape index (κ1) is 13.0. The van der Waals surface area contributed by atoms with Crippen molar-refractivity contribution in [2.45, 2.75) is 0 Å². The number of rotatable bonds is 4. The summed E-state index contributed by atoms with van der Waals surface area (Å²) in [5.41, 5.74) is 0.632. The van der Waals surface area contributed by atoms with Gasteiger partial charge < -0.3 is 4.74 Å². The van der Waals surface area contributed by atoms with Crippen LogP contribution < -0.4 is 10.1 Å². The number of pyridine rings is 1. The Hall–Kier alpha value is -2.96. The third-order valence-corrected chi connectivity index (χ3v) is 2.75. The normalized spacial score (nSPS) is 10.5. The van der Waals surface area contributed by atoms with Crippen LogP contribution in [-0.4, -0.2) is 27.1 Å². The van der Waals surface area contributed by atoms with Crippen LogP contribution in [0.15, 0.2) is 48.7 Å². The molecule has 0 bridgehead atoms. The lowest BCUT2D eigenvalue weighted by Gasteiger charge is -2.06. The van der Waals surface area contributed by atoms with E-state index in [9.17, 15) is 9.18 Å². The molecule has 2 heterocycles. The molecule has 0 fully saturated rings. The number of hydrogen-bond donors (Lipinski definition) is 1. The minimum atomic E-state index is -0.377. The monoisotopic (exact) mass is 286 g/mol. The molecule has 3 rings (SSSR count). The number of amides is 1. The van der Waals surface area contributed by atoms with Crippen LogP contribution in [0.25, 0.3) is 5.65 Å². The fraction of sp³-hybridized carbons (Fsp3) is 0.0714. The van der Waals surface area contributed by atoms with Gasteiger partial charge in [0.1, 0.15) is 11.6 Å². The maximum absolute atomic E-state index is 12.7. The van der Waals surface area contributed by atoms with Gasteiger partial charge in [-0.25, -0.2) is 4.39 Å². The lowest BCUT2D eigenvalue weighted by atomic mass is 10.3. The number of nitrogens with zero attached hydrogens (tertiary/aromatic N) is 3. The van der Waals surface area contributed by atoms with Crippen LogP contribution in [0.1, 0.15) is 0 Å². The van der Waals surface area contributed by atoms with Crippen LogP contribution in [0.2, 0.25) is 0 Å². The van der Waals surface area contributed by atoms with Crippen molar-refractivity contribution < 1.29 is 13.9 Å². The van der Waals surface area contributed by atoms with Gasteiger partial charge in [0.25, 0.3) is 5.91 Å². The van der Waals surface area contributed by atoms with E-state index >= 15 is 0 Å². The van der Waals surface area contributed by atoms with Gasteiger partial charge in [-0.15, -0.1) is 10.2 Å². The van der Waals surface area contributed by atoms with E-state index < -0.39 is 0 Å². The van der Waals surface area contributed by atoms with E-state index in [0.717, 1.165) is 0 Å². The van der Waals surface area contributed by atoms with Crippen LogP contribution in [0.3, 0.4) is 0 Å². The minimum Gasteiger partial charge on any atom is -0.484 e. The van der Waals surface area contributed by atoms with Gasteiger partial charge in [-0.05, 0) is 36.4 Å². The number of nitrogens with one attached hydrogen (secondary N) is 1. The summed E-state index contributed by atoms with van der Waals surface area (Å²) in [4.78, 5) is 11.8. The third kappa shape index (κ3) is 2.97. The second kappa shape index (κ2) is 5.58. The Bertz CT molecular complexity index is 770. The van der Waals surface area contributed by atoms with E-state index in [1.165, 1.54) is 24.3 Å². The lowest BCUT2D eigenvalue weighted by molar-refractivity contribution is -0.118. The minimum absolute atomic E-state index is 0.201. The van der Waals surface area contributed by atoms with Crippen LogP contribution in [0, 0.1) is 5.82 Å². The molecule has 0 aliphatic carbocycles. The fourth-order valence-electron chi connectivity index (χ4n) is 1.77. The molecule has 7 heteroatoms. The molecule has 106 valence electrons. The largest absolute Gasteiger partial charge is 0.484 e.